The summed E-state index contributed by atoms with van der Waals surface area (Å²) in [5, 5.41) is 0. The topological polar surface area (TPSA) is 83.0 Å². The second-order valence-electron chi connectivity index (χ2n) is 4.32. The number of imidazole rings is 1. The highest BCUT2D eigenvalue weighted by Crippen LogP contribution is 2.22. The lowest BCUT2D eigenvalue weighted by Gasteiger charge is -2.10. The summed E-state index contributed by atoms with van der Waals surface area (Å²) in [5.41, 5.74) is 7.18. The molecule has 6 heteroatoms. The molecule has 0 saturated heterocycles. The number of carbonyl (C=O) groups excluding carboxylic acids is 1. The zero-order valence-corrected chi connectivity index (χ0v) is 11.9. The first kappa shape index (κ1) is 14.0. The van der Waals surface area contributed by atoms with Gasteiger partial charge in [0.1, 0.15) is 17.5 Å². The summed E-state index contributed by atoms with van der Waals surface area (Å²) < 4.78 is 6.68. The molecule has 0 aromatic carbocycles. The lowest BCUT2D eigenvalue weighted by molar-refractivity contribution is 0.0521. The predicted molar refractivity (Wildman–Crippen MR) is 75.8 cm³/mol. The summed E-state index contributed by atoms with van der Waals surface area (Å²) in [6.45, 7) is 5.92. The SMILES string of the molecule is CCOC(=O)c1nc(CC)n(-c2ncccc2C)c1N. The molecule has 0 aliphatic rings. The Hall–Kier alpha value is -2.37. The fourth-order valence-electron chi connectivity index (χ4n) is 2.02. The monoisotopic (exact) mass is 274 g/mol. The first-order chi connectivity index (χ1) is 9.60. The molecule has 2 aromatic rings. The van der Waals surface area contributed by atoms with E-state index in [2.05, 4.69) is 9.97 Å². The second kappa shape index (κ2) is 5.73. The molecule has 0 aliphatic carbocycles. The van der Waals surface area contributed by atoms with Crippen LogP contribution in [0, 0.1) is 6.92 Å². The van der Waals surface area contributed by atoms with E-state index in [1.165, 1.54) is 0 Å². The Morgan fingerprint density at radius 1 is 1.45 bits per heavy atom. The fourth-order valence-corrected chi connectivity index (χ4v) is 2.02. The van der Waals surface area contributed by atoms with Crippen LogP contribution in [0.25, 0.3) is 5.82 Å². The van der Waals surface area contributed by atoms with E-state index in [9.17, 15) is 4.79 Å². The van der Waals surface area contributed by atoms with Gasteiger partial charge in [0.25, 0.3) is 0 Å². The van der Waals surface area contributed by atoms with Crippen molar-refractivity contribution in [3.63, 3.8) is 0 Å². The summed E-state index contributed by atoms with van der Waals surface area (Å²) in [4.78, 5) is 20.5. The van der Waals surface area contributed by atoms with E-state index in [-0.39, 0.29) is 18.1 Å². The van der Waals surface area contributed by atoms with Crippen LogP contribution in [0.4, 0.5) is 5.82 Å². The molecule has 0 fully saturated rings. The first-order valence-corrected chi connectivity index (χ1v) is 6.56. The van der Waals surface area contributed by atoms with Gasteiger partial charge in [-0.2, -0.15) is 0 Å². The van der Waals surface area contributed by atoms with Gasteiger partial charge in [0.15, 0.2) is 5.69 Å². The lowest BCUT2D eigenvalue weighted by Crippen LogP contribution is -2.11. The van der Waals surface area contributed by atoms with Crippen LogP contribution in [0.5, 0.6) is 0 Å². The number of hydrogen-bond donors (Lipinski definition) is 1. The summed E-state index contributed by atoms with van der Waals surface area (Å²) in [5.74, 6) is 1.13. The van der Waals surface area contributed by atoms with Gasteiger partial charge in [-0.1, -0.05) is 13.0 Å². The molecule has 2 rings (SSSR count). The predicted octanol–water partition coefficient (Wildman–Crippen LogP) is 1.90. The van der Waals surface area contributed by atoms with Gasteiger partial charge in [0.05, 0.1) is 6.61 Å². The smallest absolute Gasteiger partial charge is 0.360 e. The zero-order valence-electron chi connectivity index (χ0n) is 11.9. The largest absolute Gasteiger partial charge is 0.461 e. The Labute approximate surface area is 117 Å². The van der Waals surface area contributed by atoms with Crippen molar-refractivity contribution >= 4 is 11.8 Å². The number of esters is 1. The normalized spacial score (nSPS) is 10.6. The van der Waals surface area contributed by atoms with Gasteiger partial charge in [-0.05, 0) is 25.5 Å². The van der Waals surface area contributed by atoms with Crippen LogP contribution in [-0.2, 0) is 11.2 Å². The molecule has 0 radical (unpaired) electrons. The maximum Gasteiger partial charge on any atom is 0.360 e. The van der Waals surface area contributed by atoms with Crippen LogP contribution in [0.2, 0.25) is 0 Å². The molecule has 2 heterocycles. The maximum absolute atomic E-state index is 11.9. The molecule has 0 spiro atoms. The van der Waals surface area contributed by atoms with E-state index in [0.717, 1.165) is 5.56 Å². The van der Waals surface area contributed by atoms with E-state index in [4.69, 9.17) is 10.5 Å². The first-order valence-electron chi connectivity index (χ1n) is 6.56. The van der Waals surface area contributed by atoms with Crippen LogP contribution in [0.15, 0.2) is 18.3 Å². The number of nitrogens with zero attached hydrogens (tertiary/aromatic N) is 3. The highest BCUT2D eigenvalue weighted by atomic mass is 16.5. The molecule has 6 nitrogen and oxygen atoms in total. The number of anilines is 1. The number of aryl methyl sites for hydroxylation is 2. The van der Waals surface area contributed by atoms with E-state index in [1.54, 1.807) is 17.7 Å². The lowest BCUT2D eigenvalue weighted by atomic mass is 10.3. The van der Waals surface area contributed by atoms with Crippen LogP contribution >= 0.6 is 0 Å². The second-order valence-corrected chi connectivity index (χ2v) is 4.32. The third-order valence-corrected chi connectivity index (χ3v) is 2.96. The number of nitrogen functional groups attached to an aromatic ring is 1. The molecular formula is C14H18N4O2. The third kappa shape index (κ3) is 2.36. The van der Waals surface area contributed by atoms with Gasteiger partial charge in [-0.25, -0.2) is 14.8 Å². The van der Waals surface area contributed by atoms with E-state index >= 15 is 0 Å². The standard InChI is InChI=1S/C14H18N4O2/c1-4-10-17-11(14(19)20-5-2)12(15)18(10)13-9(3)7-6-8-16-13/h6-8H,4-5,15H2,1-3H3. The minimum atomic E-state index is -0.507. The summed E-state index contributed by atoms with van der Waals surface area (Å²) in [6.07, 6.45) is 2.32. The molecule has 2 aromatic heterocycles. The molecule has 0 aliphatic heterocycles. The highest BCUT2D eigenvalue weighted by molar-refractivity contribution is 5.92. The van der Waals surface area contributed by atoms with Crippen LogP contribution in [-0.4, -0.2) is 27.1 Å². The molecule has 0 saturated carbocycles. The number of carbonyl (C=O) groups is 1. The minimum absolute atomic E-state index is 0.147. The van der Waals surface area contributed by atoms with Crippen molar-refractivity contribution in [3.05, 3.63) is 35.4 Å². The van der Waals surface area contributed by atoms with Crippen molar-refractivity contribution in [2.45, 2.75) is 27.2 Å². The van der Waals surface area contributed by atoms with Crippen molar-refractivity contribution in [1.82, 2.24) is 14.5 Å². The Morgan fingerprint density at radius 3 is 2.80 bits per heavy atom. The minimum Gasteiger partial charge on any atom is -0.461 e. The highest BCUT2D eigenvalue weighted by Gasteiger charge is 2.22. The van der Waals surface area contributed by atoms with Crippen LogP contribution in [0.1, 0.15) is 35.7 Å². The maximum atomic E-state index is 11.9. The molecular weight excluding hydrogens is 256 g/mol. The number of ether oxygens (including phenoxy) is 1. The fraction of sp³-hybridized carbons (Fsp3) is 0.357. The molecule has 106 valence electrons. The van der Waals surface area contributed by atoms with Crippen LogP contribution in [0.3, 0.4) is 0 Å². The van der Waals surface area contributed by atoms with Gasteiger partial charge in [0.2, 0.25) is 0 Å². The summed E-state index contributed by atoms with van der Waals surface area (Å²) >= 11 is 0. The van der Waals surface area contributed by atoms with Crippen molar-refractivity contribution in [2.75, 3.05) is 12.3 Å². The third-order valence-electron chi connectivity index (χ3n) is 2.96. The van der Waals surface area contributed by atoms with E-state index in [1.807, 2.05) is 26.0 Å². The average molecular weight is 274 g/mol. The zero-order chi connectivity index (χ0) is 14.7. The Bertz CT molecular complexity index is 634. The van der Waals surface area contributed by atoms with Crippen molar-refractivity contribution in [2.24, 2.45) is 0 Å². The van der Waals surface area contributed by atoms with Crippen LogP contribution < -0.4 is 5.73 Å². The Morgan fingerprint density at radius 2 is 2.20 bits per heavy atom. The number of aromatic nitrogens is 3. The van der Waals surface area contributed by atoms with Gasteiger partial charge in [-0.3, -0.25) is 4.57 Å². The van der Waals surface area contributed by atoms with Gasteiger partial charge >= 0.3 is 5.97 Å². The number of nitrogens with two attached hydrogens (primary N) is 1. The van der Waals surface area contributed by atoms with E-state index < -0.39 is 5.97 Å². The van der Waals surface area contributed by atoms with Crippen molar-refractivity contribution in [3.8, 4) is 5.82 Å². The number of pyridine rings is 1. The summed E-state index contributed by atoms with van der Waals surface area (Å²) in [6, 6.07) is 3.79. The molecule has 2 N–H and O–H groups in total. The van der Waals surface area contributed by atoms with Gasteiger partial charge < -0.3 is 10.5 Å². The quantitative estimate of drug-likeness (QED) is 0.861. The van der Waals surface area contributed by atoms with Gasteiger partial charge in [0, 0.05) is 12.6 Å². The Balaban J connectivity index is 2.59. The average Bonchev–Trinajstić information content (AvgIpc) is 2.77. The molecule has 0 unspecified atom stereocenters. The number of hydrogen-bond acceptors (Lipinski definition) is 5. The molecule has 0 amide bonds. The van der Waals surface area contributed by atoms with Gasteiger partial charge in [-0.15, -0.1) is 0 Å². The molecule has 0 bridgehead atoms. The molecule has 0 atom stereocenters. The van der Waals surface area contributed by atoms with Crippen molar-refractivity contribution < 1.29 is 9.53 Å². The number of rotatable bonds is 4. The Kier molecular flexibility index (Phi) is 4.02. The van der Waals surface area contributed by atoms with E-state index in [0.29, 0.717) is 18.1 Å². The summed E-state index contributed by atoms with van der Waals surface area (Å²) in [7, 11) is 0. The van der Waals surface area contributed by atoms with Crippen molar-refractivity contribution in [1.29, 1.82) is 0 Å². The molecule has 20 heavy (non-hydrogen) atoms.